The zero-order chi connectivity index (χ0) is 13.2. The van der Waals surface area contributed by atoms with Gasteiger partial charge in [0.2, 0.25) is 0 Å². The zero-order valence-electron chi connectivity index (χ0n) is 11.4. The molecule has 0 nitrogen and oxygen atoms in total. The monoisotopic (exact) mass is 246 g/mol. The minimum atomic E-state index is 0.550. The summed E-state index contributed by atoms with van der Waals surface area (Å²) in [5.74, 6) is 0.550. The van der Waals surface area contributed by atoms with Crippen LogP contribution in [0.4, 0.5) is 0 Å². The lowest BCUT2D eigenvalue weighted by Crippen LogP contribution is -1.82. The van der Waals surface area contributed by atoms with Crippen molar-refractivity contribution in [2.45, 2.75) is 19.8 Å². The van der Waals surface area contributed by atoms with E-state index < -0.39 is 0 Å². The second-order valence-corrected chi connectivity index (χ2v) is 5.31. The van der Waals surface area contributed by atoms with Crippen LogP contribution < -0.4 is 0 Å². The molecule has 0 saturated heterocycles. The van der Waals surface area contributed by atoms with E-state index in [1.54, 1.807) is 0 Å². The van der Waals surface area contributed by atoms with Gasteiger partial charge >= 0.3 is 0 Å². The van der Waals surface area contributed by atoms with E-state index in [9.17, 15) is 0 Å². The van der Waals surface area contributed by atoms with Gasteiger partial charge < -0.3 is 0 Å². The maximum Gasteiger partial charge on any atom is -0.0105 e. The highest BCUT2D eigenvalue weighted by molar-refractivity contribution is 5.84. The van der Waals surface area contributed by atoms with Crippen molar-refractivity contribution in [1.82, 2.24) is 0 Å². The van der Waals surface area contributed by atoms with Crippen molar-refractivity contribution in [2.75, 3.05) is 0 Å². The molecule has 1 aromatic rings. The predicted octanol–water partition coefficient (Wildman–Crippen LogP) is 5.58. The molecule has 0 heteroatoms. The van der Waals surface area contributed by atoms with Gasteiger partial charge in [-0.25, -0.2) is 0 Å². The first-order valence-electron chi connectivity index (χ1n) is 6.84. The number of rotatable bonds is 2. The lowest BCUT2D eigenvalue weighted by atomic mass is 10.0. The van der Waals surface area contributed by atoms with Crippen molar-refractivity contribution in [3.8, 4) is 22.3 Å². The molecule has 1 aromatic carbocycles. The van der Waals surface area contributed by atoms with Crippen LogP contribution in [0.15, 0.2) is 66.7 Å². The van der Waals surface area contributed by atoms with Gasteiger partial charge in [0.15, 0.2) is 0 Å². The molecule has 0 fully saturated rings. The van der Waals surface area contributed by atoms with Gasteiger partial charge in [-0.05, 0) is 33.7 Å². The van der Waals surface area contributed by atoms with Gasteiger partial charge in [0.1, 0.15) is 0 Å². The van der Waals surface area contributed by atoms with Gasteiger partial charge in [-0.2, -0.15) is 0 Å². The Labute approximate surface area is 115 Å². The summed E-state index contributed by atoms with van der Waals surface area (Å²) in [7, 11) is 0. The SMILES string of the molecule is CC(C)c1ccc(-c2ccccc2)c2cccc-2c1. The summed E-state index contributed by atoms with van der Waals surface area (Å²) >= 11 is 0. The summed E-state index contributed by atoms with van der Waals surface area (Å²) in [5, 5.41) is 0. The summed E-state index contributed by atoms with van der Waals surface area (Å²) in [6.45, 7) is 4.48. The number of benzene rings is 1. The smallest absolute Gasteiger partial charge is 0.0105 e. The fourth-order valence-corrected chi connectivity index (χ4v) is 2.53. The van der Waals surface area contributed by atoms with Crippen molar-refractivity contribution >= 4 is 0 Å². The van der Waals surface area contributed by atoms with Crippen LogP contribution in [0.2, 0.25) is 0 Å². The molecule has 0 unspecified atom stereocenters. The highest BCUT2D eigenvalue weighted by Gasteiger charge is 2.10. The van der Waals surface area contributed by atoms with Crippen molar-refractivity contribution in [2.24, 2.45) is 0 Å². The van der Waals surface area contributed by atoms with E-state index in [1.807, 2.05) is 0 Å². The molecule has 0 spiro atoms. The van der Waals surface area contributed by atoms with Crippen molar-refractivity contribution < 1.29 is 0 Å². The average molecular weight is 246 g/mol. The van der Waals surface area contributed by atoms with Crippen LogP contribution >= 0.6 is 0 Å². The van der Waals surface area contributed by atoms with E-state index in [-0.39, 0.29) is 0 Å². The second kappa shape index (κ2) is 4.89. The lowest BCUT2D eigenvalue weighted by Gasteiger charge is -2.04. The molecule has 3 rings (SSSR count). The molecule has 0 aliphatic heterocycles. The van der Waals surface area contributed by atoms with E-state index in [0.717, 1.165) is 0 Å². The molecule has 0 atom stereocenters. The molecule has 19 heavy (non-hydrogen) atoms. The molecule has 0 heterocycles. The first kappa shape index (κ1) is 12.0. The topological polar surface area (TPSA) is 0 Å². The number of fused-ring (bicyclic) bond motifs is 1. The van der Waals surface area contributed by atoms with Crippen LogP contribution in [-0.2, 0) is 0 Å². The van der Waals surface area contributed by atoms with E-state index in [2.05, 4.69) is 80.6 Å². The van der Waals surface area contributed by atoms with Crippen LogP contribution in [0.3, 0.4) is 0 Å². The quantitative estimate of drug-likeness (QED) is 0.553. The molecule has 0 amide bonds. The Morgan fingerprint density at radius 3 is 2.05 bits per heavy atom. The highest BCUT2D eigenvalue weighted by atomic mass is 14.1. The fraction of sp³-hybridized carbons (Fsp3) is 0.158. The third-order valence-electron chi connectivity index (χ3n) is 3.66. The Kier molecular flexibility index (Phi) is 3.08. The first-order chi connectivity index (χ1) is 9.25. The average Bonchev–Trinajstić information content (AvgIpc) is 2.79. The van der Waals surface area contributed by atoms with Crippen molar-refractivity contribution in [3.05, 3.63) is 72.3 Å². The van der Waals surface area contributed by atoms with E-state index in [1.165, 1.54) is 27.8 Å². The number of hydrogen-bond donors (Lipinski definition) is 0. The molecular weight excluding hydrogens is 228 g/mol. The normalized spacial score (nSPS) is 11.1. The molecule has 0 saturated carbocycles. The van der Waals surface area contributed by atoms with Crippen LogP contribution in [0, 0.1) is 0 Å². The third-order valence-corrected chi connectivity index (χ3v) is 3.66. The highest BCUT2D eigenvalue weighted by Crippen LogP contribution is 2.35. The maximum absolute atomic E-state index is 2.31. The Morgan fingerprint density at radius 1 is 0.632 bits per heavy atom. The Balaban J connectivity index is 2.24. The van der Waals surface area contributed by atoms with Crippen LogP contribution in [0.5, 0.6) is 0 Å². The summed E-state index contributed by atoms with van der Waals surface area (Å²) in [6, 6.07) is 24.0. The first-order valence-corrected chi connectivity index (χ1v) is 6.84. The summed E-state index contributed by atoms with van der Waals surface area (Å²) in [5.41, 5.74) is 6.64. The summed E-state index contributed by atoms with van der Waals surface area (Å²) < 4.78 is 0. The van der Waals surface area contributed by atoms with Crippen LogP contribution in [0.25, 0.3) is 22.3 Å². The second-order valence-electron chi connectivity index (χ2n) is 5.31. The minimum absolute atomic E-state index is 0.550. The molecule has 0 aromatic heterocycles. The Morgan fingerprint density at radius 2 is 1.32 bits per heavy atom. The lowest BCUT2D eigenvalue weighted by molar-refractivity contribution is 0.869. The molecular formula is C19H18. The zero-order valence-corrected chi connectivity index (χ0v) is 11.4. The fourth-order valence-electron chi connectivity index (χ4n) is 2.53. The van der Waals surface area contributed by atoms with Crippen LogP contribution in [0.1, 0.15) is 25.3 Å². The Bertz CT molecular complexity index is 650. The van der Waals surface area contributed by atoms with E-state index >= 15 is 0 Å². The number of hydrogen-bond acceptors (Lipinski definition) is 0. The molecule has 0 N–H and O–H groups in total. The molecule has 0 bridgehead atoms. The van der Waals surface area contributed by atoms with Crippen LogP contribution in [-0.4, -0.2) is 0 Å². The summed E-state index contributed by atoms with van der Waals surface area (Å²) in [4.78, 5) is 0. The minimum Gasteiger partial charge on any atom is -0.0622 e. The standard InChI is InChI=1S/C19H18/c1-14(2)16-11-12-19(15-7-4-3-5-8-15)18-10-6-9-17(18)13-16/h3-14H,1-2H3. The largest absolute Gasteiger partial charge is 0.0622 e. The van der Waals surface area contributed by atoms with Crippen molar-refractivity contribution in [1.29, 1.82) is 0 Å². The van der Waals surface area contributed by atoms with Gasteiger partial charge in [-0.1, -0.05) is 80.6 Å². The molecule has 2 aliphatic rings. The van der Waals surface area contributed by atoms with E-state index in [0.29, 0.717) is 5.92 Å². The maximum atomic E-state index is 2.31. The Hall–Kier alpha value is -2.08. The van der Waals surface area contributed by atoms with Gasteiger partial charge in [0, 0.05) is 0 Å². The molecule has 0 radical (unpaired) electrons. The summed E-state index contributed by atoms with van der Waals surface area (Å²) in [6.07, 6.45) is 0. The molecule has 94 valence electrons. The van der Waals surface area contributed by atoms with E-state index in [4.69, 9.17) is 0 Å². The predicted molar refractivity (Wildman–Crippen MR) is 82.6 cm³/mol. The van der Waals surface area contributed by atoms with Gasteiger partial charge in [0.05, 0.1) is 0 Å². The van der Waals surface area contributed by atoms with Gasteiger partial charge in [0.25, 0.3) is 0 Å². The van der Waals surface area contributed by atoms with Gasteiger partial charge in [-0.15, -0.1) is 0 Å². The third kappa shape index (κ3) is 2.26. The molecule has 2 aliphatic carbocycles. The van der Waals surface area contributed by atoms with Crippen molar-refractivity contribution in [3.63, 3.8) is 0 Å². The van der Waals surface area contributed by atoms with Gasteiger partial charge in [-0.3, -0.25) is 0 Å².